The SMILES string of the molecule is CC(C)Oc1ccc(C(=O)Nc2ccc3c(c2)CCN(S(=O)(=O)CCC(=O)O)C3)cc1C#N. The average Bonchev–Trinajstić information content (AvgIpc) is 2.77. The Morgan fingerprint density at radius 3 is 2.64 bits per heavy atom. The van der Waals surface area contributed by atoms with Gasteiger partial charge >= 0.3 is 5.97 Å². The first-order valence-electron chi connectivity index (χ1n) is 10.4. The zero-order valence-corrected chi connectivity index (χ0v) is 19.2. The Bertz CT molecular complexity index is 1220. The number of ether oxygens (including phenoxy) is 1. The topological polar surface area (TPSA) is 137 Å². The molecule has 174 valence electrons. The van der Waals surface area contributed by atoms with Crippen LogP contribution in [0.3, 0.4) is 0 Å². The molecule has 2 aromatic carbocycles. The van der Waals surface area contributed by atoms with E-state index in [0.29, 0.717) is 23.4 Å². The van der Waals surface area contributed by atoms with Gasteiger partial charge in [-0.05, 0) is 61.7 Å². The first-order valence-corrected chi connectivity index (χ1v) is 12.0. The van der Waals surface area contributed by atoms with E-state index in [4.69, 9.17) is 9.84 Å². The van der Waals surface area contributed by atoms with Gasteiger partial charge in [-0.15, -0.1) is 0 Å². The van der Waals surface area contributed by atoms with E-state index >= 15 is 0 Å². The highest BCUT2D eigenvalue weighted by Gasteiger charge is 2.27. The quantitative estimate of drug-likeness (QED) is 0.604. The molecule has 1 aliphatic rings. The van der Waals surface area contributed by atoms with Gasteiger partial charge in [0.15, 0.2) is 0 Å². The van der Waals surface area contributed by atoms with E-state index in [2.05, 4.69) is 5.32 Å². The second kappa shape index (κ2) is 10.0. The van der Waals surface area contributed by atoms with Crippen molar-refractivity contribution in [1.82, 2.24) is 4.31 Å². The molecule has 2 aromatic rings. The van der Waals surface area contributed by atoms with Crippen molar-refractivity contribution in [3.05, 3.63) is 58.7 Å². The molecule has 0 unspecified atom stereocenters. The van der Waals surface area contributed by atoms with E-state index < -0.39 is 28.2 Å². The summed E-state index contributed by atoms with van der Waals surface area (Å²) in [7, 11) is -3.66. The molecule has 0 saturated heterocycles. The monoisotopic (exact) mass is 471 g/mol. The maximum atomic E-state index is 12.7. The number of nitrogens with one attached hydrogen (secondary N) is 1. The van der Waals surface area contributed by atoms with Crippen LogP contribution in [0.1, 0.15) is 47.3 Å². The Hall–Kier alpha value is -3.42. The van der Waals surface area contributed by atoms with Gasteiger partial charge in [-0.25, -0.2) is 8.42 Å². The van der Waals surface area contributed by atoms with Gasteiger partial charge < -0.3 is 15.2 Å². The van der Waals surface area contributed by atoms with Gasteiger partial charge in [-0.3, -0.25) is 9.59 Å². The second-order valence-corrected chi connectivity index (χ2v) is 10.1. The number of nitriles is 1. The van der Waals surface area contributed by atoms with E-state index in [1.54, 1.807) is 30.3 Å². The minimum atomic E-state index is -3.66. The molecule has 33 heavy (non-hydrogen) atoms. The third kappa shape index (κ3) is 6.09. The van der Waals surface area contributed by atoms with Crippen molar-refractivity contribution in [2.24, 2.45) is 0 Å². The molecule has 0 fully saturated rings. The summed E-state index contributed by atoms with van der Waals surface area (Å²) in [6, 6.07) is 11.9. The Balaban J connectivity index is 1.71. The van der Waals surface area contributed by atoms with E-state index in [1.165, 1.54) is 10.4 Å². The largest absolute Gasteiger partial charge is 0.490 e. The molecule has 0 aromatic heterocycles. The lowest BCUT2D eigenvalue weighted by molar-refractivity contribution is -0.136. The molecular formula is C23H25N3O6S. The van der Waals surface area contributed by atoms with Crippen molar-refractivity contribution in [3.8, 4) is 11.8 Å². The Morgan fingerprint density at radius 1 is 1.21 bits per heavy atom. The van der Waals surface area contributed by atoms with E-state index in [-0.39, 0.29) is 30.7 Å². The number of rotatable bonds is 8. The summed E-state index contributed by atoms with van der Waals surface area (Å²) in [6.07, 6.45) is -0.0877. The minimum absolute atomic E-state index is 0.102. The number of fused-ring (bicyclic) bond motifs is 1. The molecule has 3 rings (SSSR count). The van der Waals surface area contributed by atoms with Crippen LogP contribution in [0, 0.1) is 11.3 Å². The number of aliphatic carboxylic acids is 1. The number of nitrogens with zero attached hydrogens (tertiary/aromatic N) is 2. The van der Waals surface area contributed by atoms with E-state index in [9.17, 15) is 23.3 Å². The van der Waals surface area contributed by atoms with Crippen LogP contribution in [0.15, 0.2) is 36.4 Å². The lowest BCUT2D eigenvalue weighted by Crippen LogP contribution is -2.37. The molecule has 1 amide bonds. The molecule has 10 heteroatoms. The van der Waals surface area contributed by atoms with Gasteiger partial charge in [0.1, 0.15) is 11.8 Å². The van der Waals surface area contributed by atoms with Crippen LogP contribution in [0.25, 0.3) is 0 Å². The third-order valence-electron chi connectivity index (χ3n) is 5.13. The van der Waals surface area contributed by atoms with Gasteiger partial charge in [0, 0.05) is 24.3 Å². The maximum Gasteiger partial charge on any atom is 0.304 e. The molecular weight excluding hydrogens is 446 g/mol. The van der Waals surface area contributed by atoms with Crippen molar-refractivity contribution in [3.63, 3.8) is 0 Å². The standard InChI is InChI=1S/C23H25N3O6S/c1-15(2)32-21-6-4-17(11-19(21)13-24)23(29)25-20-5-3-18-14-26(9-7-16(18)12-20)33(30,31)10-8-22(27)28/h3-6,11-12,15H,7-10,14H2,1-2H3,(H,25,29)(H,27,28). The smallest absolute Gasteiger partial charge is 0.304 e. The molecule has 9 nitrogen and oxygen atoms in total. The first-order chi connectivity index (χ1) is 15.6. The highest BCUT2D eigenvalue weighted by Crippen LogP contribution is 2.26. The number of benzene rings is 2. The zero-order chi connectivity index (χ0) is 24.2. The predicted molar refractivity (Wildman–Crippen MR) is 121 cm³/mol. The van der Waals surface area contributed by atoms with Gasteiger partial charge in [0.2, 0.25) is 10.0 Å². The normalized spacial score (nSPS) is 13.8. The van der Waals surface area contributed by atoms with Gasteiger partial charge in [0.25, 0.3) is 5.91 Å². The van der Waals surface area contributed by atoms with Crippen LogP contribution in [0.2, 0.25) is 0 Å². The highest BCUT2D eigenvalue weighted by molar-refractivity contribution is 7.89. The number of anilines is 1. The lowest BCUT2D eigenvalue weighted by atomic mass is 10.0. The molecule has 1 aliphatic heterocycles. The molecule has 0 radical (unpaired) electrons. The van der Waals surface area contributed by atoms with Gasteiger partial charge in [-0.1, -0.05) is 6.07 Å². The number of amides is 1. The summed E-state index contributed by atoms with van der Waals surface area (Å²) in [5.74, 6) is -1.55. The highest BCUT2D eigenvalue weighted by atomic mass is 32.2. The number of sulfonamides is 1. The Labute approximate surface area is 192 Å². The van der Waals surface area contributed by atoms with Crippen molar-refractivity contribution in [1.29, 1.82) is 5.26 Å². The fourth-order valence-corrected chi connectivity index (χ4v) is 4.90. The fraction of sp³-hybridized carbons (Fsp3) is 0.348. The molecule has 0 saturated carbocycles. The Kier molecular flexibility index (Phi) is 7.36. The van der Waals surface area contributed by atoms with Crippen LogP contribution in [-0.4, -0.2) is 48.1 Å². The molecule has 1 heterocycles. The summed E-state index contributed by atoms with van der Waals surface area (Å²) in [5.41, 5.74) is 2.86. The second-order valence-electron chi connectivity index (χ2n) is 7.97. The van der Waals surface area contributed by atoms with E-state index in [0.717, 1.165) is 11.1 Å². The van der Waals surface area contributed by atoms with Crippen molar-refractivity contribution < 1.29 is 27.9 Å². The van der Waals surface area contributed by atoms with Crippen molar-refractivity contribution in [2.75, 3.05) is 17.6 Å². The summed E-state index contributed by atoms with van der Waals surface area (Å²) in [6.45, 7) is 4.11. The number of carbonyl (C=O) groups is 2. The van der Waals surface area contributed by atoms with Crippen molar-refractivity contribution in [2.45, 2.75) is 39.3 Å². The lowest BCUT2D eigenvalue weighted by Gasteiger charge is -2.28. The average molecular weight is 472 g/mol. The minimum Gasteiger partial charge on any atom is -0.490 e. The number of hydrogen-bond donors (Lipinski definition) is 2. The molecule has 0 atom stereocenters. The summed E-state index contributed by atoms with van der Waals surface area (Å²) < 4.78 is 31.6. The van der Waals surface area contributed by atoms with Gasteiger partial charge in [0.05, 0.1) is 23.8 Å². The molecule has 2 N–H and O–H groups in total. The van der Waals surface area contributed by atoms with Crippen LogP contribution >= 0.6 is 0 Å². The fourth-order valence-electron chi connectivity index (χ4n) is 3.51. The molecule has 0 spiro atoms. The summed E-state index contributed by atoms with van der Waals surface area (Å²) in [4.78, 5) is 23.4. The molecule has 0 bridgehead atoms. The summed E-state index contributed by atoms with van der Waals surface area (Å²) in [5, 5.41) is 20.9. The Morgan fingerprint density at radius 2 is 1.97 bits per heavy atom. The van der Waals surface area contributed by atoms with Crippen LogP contribution in [-0.2, 0) is 27.8 Å². The van der Waals surface area contributed by atoms with Gasteiger partial charge in [-0.2, -0.15) is 9.57 Å². The van der Waals surface area contributed by atoms with E-state index in [1.807, 2.05) is 19.9 Å². The van der Waals surface area contributed by atoms with Crippen LogP contribution < -0.4 is 10.1 Å². The zero-order valence-electron chi connectivity index (χ0n) is 18.4. The number of carboxylic acid groups (broad SMARTS) is 1. The van der Waals surface area contributed by atoms with Crippen LogP contribution in [0.4, 0.5) is 5.69 Å². The first kappa shape index (κ1) is 24.2. The number of hydrogen-bond acceptors (Lipinski definition) is 6. The predicted octanol–water partition coefficient (Wildman–Crippen LogP) is 2.76. The summed E-state index contributed by atoms with van der Waals surface area (Å²) >= 11 is 0. The maximum absolute atomic E-state index is 12.7. The number of carbonyl (C=O) groups excluding carboxylic acids is 1. The molecule has 0 aliphatic carbocycles. The van der Waals surface area contributed by atoms with Crippen LogP contribution in [0.5, 0.6) is 5.75 Å². The van der Waals surface area contributed by atoms with Crippen molar-refractivity contribution >= 4 is 27.6 Å². The third-order valence-corrected chi connectivity index (χ3v) is 6.95. The number of carboxylic acids is 1.